The quantitative estimate of drug-likeness (QED) is 0.801. The zero-order chi connectivity index (χ0) is 16.9. The van der Waals surface area contributed by atoms with Gasteiger partial charge in [-0.15, -0.1) is 5.06 Å². The van der Waals surface area contributed by atoms with Gasteiger partial charge in [-0.2, -0.15) is 0 Å². The van der Waals surface area contributed by atoms with Crippen LogP contribution in [0.2, 0.25) is 0 Å². The number of hydrogen-bond donors (Lipinski definition) is 3. The Hall–Kier alpha value is -2.80. The lowest BCUT2D eigenvalue weighted by atomic mass is 9.89. The van der Waals surface area contributed by atoms with Crippen molar-refractivity contribution in [1.82, 2.24) is 10.0 Å². The molecule has 0 atom stereocenters. The maximum atomic E-state index is 11.8. The van der Waals surface area contributed by atoms with Crippen molar-refractivity contribution in [3.63, 3.8) is 0 Å². The molecule has 7 heteroatoms. The van der Waals surface area contributed by atoms with E-state index in [2.05, 4.69) is 10.3 Å². The fraction of sp³-hybridized carbons (Fsp3) is 0.294. The third-order valence-electron chi connectivity index (χ3n) is 4.01. The summed E-state index contributed by atoms with van der Waals surface area (Å²) in [4.78, 5) is 21.1. The Morgan fingerprint density at radius 1 is 1.21 bits per heavy atom. The molecule has 3 N–H and O–H groups in total. The highest BCUT2D eigenvalue weighted by Gasteiger charge is 2.25. The maximum Gasteiger partial charge on any atom is 0.431 e. The molecule has 7 nitrogen and oxygen atoms in total. The average molecular weight is 329 g/mol. The van der Waals surface area contributed by atoms with Crippen molar-refractivity contribution in [2.45, 2.75) is 18.8 Å². The highest BCUT2D eigenvalue weighted by molar-refractivity contribution is 5.82. The van der Waals surface area contributed by atoms with E-state index in [1.165, 1.54) is 6.07 Å². The first-order valence-corrected chi connectivity index (χ1v) is 7.78. The Morgan fingerprint density at radius 3 is 2.67 bits per heavy atom. The molecule has 1 aliphatic heterocycles. The summed E-state index contributed by atoms with van der Waals surface area (Å²) in [5.41, 5.74) is 0.811. The molecule has 2 heterocycles. The number of hydrogen-bond acceptors (Lipinski definition) is 6. The minimum absolute atomic E-state index is 0.0446. The number of hydroxylamine groups is 2. The van der Waals surface area contributed by atoms with Crippen molar-refractivity contribution < 1.29 is 19.8 Å². The lowest BCUT2D eigenvalue weighted by molar-refractivity contribution is -0.108. The number of carbonyl (C=O) groups excluding carboxylic acids is 1. The number of amides is 1. The summed E-state index contributed by atoms with van der Waals surface area (Å²) in [7, 11) is 0. The summed E-state index contributed by atoms with van der Waals surface area (Å²) in [6.45, 7) is 1.14. The SMILES string of the molecule is O=C(Nc1ccccn1)ON1CCC(c2ccc(O)cc2O)CC1. The Bertz CT molecular complexity index is 700. The largest absolute Gasteiger partial charge is 0.508 e. The van der Waals surface area contributed by atoms with E-state index in [9.17, 15) is 15.0 Å². The molecule has 24 heavy (non-hydrogen) atoms. The van der Waals surface area contributed by atoms with Crippen molar-refractivity contribution in [3.8, 4) is 11.5 Å². The summed E-state index contributed by atoms with van der Waals surface area (Å²) < 4.78 is 0. The van der Waals surface area contributed by atoms with Crippen LogP contribution in [0.15, 0.2) is 42.6 Å². The smallest absolute Gasteiger partial charge is 0.431 e. The van der Waals surface area contributed by atoms with E-state index >= 15 is 0 Å². The topological polar surface area (TPSA) is 94.9 Å². The molecule has 2 aromatic rings. The second-order valence-electron chi connectivity index (χ2n) is 5.67. The van der Waals surface area contributed by atoms with Gasteiger partial charge >= 0.3 is 6.09 Å². The number of anilines is 1. The predicted octanol–water partition coefficient (Wildman–Crippen LogP) is 2.84. The third-order valence-corrected chi connectivity index (χ3v) is 4.01. The van der Waals surface area contributed by atoms with Gasteiger partial charge < -0.3 is 15.1 Å². The number of phenols is 2. The van der Waals surface area contributed by atoms with Gasteiger partial charge in [0.15, 0.2) is 0 Å². The van der Waals surface area contributed by atoms with Crippen LogP contribution in [0.4, 0.5) is 10.6 Å². The average Bonchev–Trinajstić information content (AvgIpc) is 2.57. The maximum absolute atomic E-state index is 11.8. The number of piperidine rings is 1. The minimum Gasteiger partial charge on any atom is -0.508 e. The minimum atomic E-state index is -0.570. The molecule has 1 saturated heterocycles. The molecule has 0 saturated carbocycles. The van der Waals surface area contributed by atoms with E-state index in [1.54, 1.807) is 41.6 Å². The highest BCUT2D eigenvalue weighted by Crippen LogP contribution is 2.35. The molecule has 0 spiro atoms. The number of aromatic nitrogens is 1. The highest BCUT2D eigenvalue weighted by atomic mass is 16.7. The van der Waals surface area contributed by atoms with E-state index in [4.69, 9.17) is 4.84 Å². The van der Waals surface area contributed by atoms with Crippen LogP contribution in [-0.4, -0.2) is 39.4 Å². The van der Waals surface area contributed by atoms with Gasteiger partial charge in [0.05, 0.1) is 0 Å². The third kappa shape index (κ3) is 3.94. The van der Waals surface area contributed by atoms with Crippen LogP contribution in [-0.2, 0) is 4.84 Å². The molecular weight excluding hydrogens is 310 g/mol. The van der Waals surface area contributed by atoms with Crippen molar-refractivity contribution in [2.75, 3.05) is 18.4 Å². The molecule has 0 radical (unpaired) electrons. The normalized spacial score (nSPS) is 15.8. The van der Waals surface area contributed by atoms with Crippen molar-refractivity contribution >= 4 is 11.9 Å². The van der Waals surface area contributed by atoms with E-state index in [0.717, 1.165) is 18.4 Å². The van der Waals surface area contributed by atoms with Gasteiger partial charge in [-0.05, 0) is 42.5 Å². The zero-order valence-electron chi connectivity index (χ0n) is 13.1. The van der Waals surface area contributed by atoms with Gasteiger partial charge in [0.1, 0.15) is 17.3 Å². The summed E-state index contributed by atoms with van der Waals surface area (Å²) in [5, 5.41) is 23.5. The zero-order valence-corrected chi connectivity index (χ0v) is 13.1. The molecule has 1 aromatic heterocycles. The van der Waals surface area contributed by atoms with Gasteiger partial charge in [-0.1, -0.05) is 12.1 Å². The number of phenolic OH excluding ortho intramolecular Hbond substituents is 2. The molecule has 0 bridgehead atoms. The van der Waals surface area contributed by atoms with Crippen LogP contribution < -0.4 is 5.32 Å². The lowest BCUT2D eigenvalue weighted by Crippen LogP contribution is -2.36. The number of pyridine rings is 1. The Morgan fingerprint density at radius 2 is 2.00 bits per heavy atom. The number of benzene rings is 1. The van der Waals surface area contributed by atoms with Crippen molar-refractivity contribution in [1.29, 1.82) is 0 Å². The number of rotatable bonds is 3. The van der Waals surface area contributed by atoms with Crippen molar-refractivity contribution in [3.05, 3.63) is 48.2 Å². The van der Waals surface area contributed by atoms with E-state index in [0.29, 0.717) is 18.9 Å². The van der Waals surface area contributed by atoms with E-state index < -0.39 is 6.09 Å². The second-order valence-corrected chi connectivity index (χ2v) is 5.67. The molecule has 1 amide bonds. The summed E-state index contributed by atoms with van der Waals surface area (Å²) in [6.07, 6.45) is 2.51. The van der Waals surface area contributed by atoms with Crippen LogP contribution in [0.5, 0.6) is 11.5 Å². The summed E-state index contributed by atoms with van der Waals surface area (Å²) >= 11 is 0. The first-order valence-electron chi connectivity index (χ1n) is 7.78. The van der Waals surface area contributed by atoms with Gasteiger partial charge in [0.2, 0.25) is 0 Å². The number of nitrogens with one attached hydrogen (secondary N) is 1. The fourth-order valence-electron chi connectivity index (χ4n) is 2.82. The molecule has 1 fully saturated rings. The first kappa shape index (κ1) is 16.1. The van der Waals surface area contributed by atoms with Gasteiger partial charge in [0.25, 0.3) is 0 Å². The number of aromatic hydroxyl groups is 2. The van der Waals surface area contributed by atoms with E-state index in [-0.39, 0.29) is 17.4 Å². The lowest BCUT2D eigenvalue weighted by Gasteiger charge is -2.30. The summed E-state index contributed by atoms with van der Waals surface area (Å²) in [5.74, 6) is 0.751. The Labute approximate surface area is 139 Å². The number of nitrogens with zero attached hydrogens (tertiary/aromatic N) is 2. The molecule has 3 rings (SSSR count). The molecule has 0 aliphatic carbocycles. The molecule has 0 unspecified atom stereocenters. The molecule has 126 valence electrons. The Kier molecular flexibility index (Phi) is 4.81. The van der Waals surface area contributed by atoms with Gasteiger partial charge in [-0.25, -0.2) is 9.78 Å². The van der Waals surface area contributed by atoms with Crippen LogP contribution in [0.3, 0.4) is 0 Å². The number of carbonyl (C=O) groups is 1. The summed E-state index contributed by atoms with van der Waals surface area (Å²) in [6, 6.07) is 9.87. The molecule has 1 aromatic carbocycles. The van der Waals surface area contributed by atoms with Gasteiger partial charge in [0, 0.05) is 25.4 Å². The standard InChI is InChI=1S/C17H19N3O4/c21-13-4-5-14(15(22)11-13)12-6-9-20(10-7-12)24-17(23)19-16-3-1-2-8-18-16/h1-5,8,11-12,21-22H,6-7,9-10H2,(H,18,19,23). The van der Waals surface area contributed by atoms with Crippen LogP contribution in [0, 0.1) is 0 Å². The molecule has 1 aliphatic rings. The first-order chi connectivity index (χ1) is 11.6. The second kappa shape index (κ2) is 7.18. The van der Waals surface area contributed by atoms with Gasteiger partial charge in [-0.3, -0.25) is 5.32 Å². The monoisotopic (exact) mass is 329 g/mol. The predicted molar refractivity (Wildman–Crippen MR) is 87.7 cm³/mol. The Balaban J connectivity index is 1.51. The van der Waals surface area contributed by atoms with Crippen LogP contribution in [0.1, 0.15) is 24.3 Å². The van der Waals surface area contributed by atoms with Crippen LogP contribution >= 0.6 is 0 Å². The van der Waals surface area contributed by atoms with Crippen LogP contribution in [0.25, 0.3) is 0 Å². The van der Waals surface area contributed by atoms with Crippen molar-refractivity contribution in [2.24, 2.45) is 0 Å². The fourth-order valence-corrected chi connectivity index (χ4v) is 2.82. The molecular formula is C17H19N3O4. The van der Waals surface area contributed by atoms with E-state index in [1.807, 2.05) is 0 Å².